The highest BCUT2D eigenvalue weighted by atomic mass is 32.1. The summed E-state index contributed by atoms with van der Waals surface area (Å²) in [4.78, 5) is 4.34. The van der Waals surface area contributed by atoms with Gasteiger partial charge in [0.25, 0.3) is 11.1 Å². The van der Waals surface area contributed by atoms with Crippen molar-refractivity contribution >= 4 is 11.3 Å². The maximum Gasteiger partial charge on any atom is 0.287 e. The minimum absolute atomic E-state index is 0.0839. The first-order valence-electron chi connectivity index (χ1n) is 9.41. The number of aliphatic hydroxyl groups is 1. The zero-order valence-corrected chi connectivity index (χ0v) is 17.0. The van der Waals surface area contributed by atoms with Gasteiger partial charge >= 0.3 is 0 Å². The fraction of sp³-hybridized carbons (Fsp3) is 0.474. The van der Waals surface area contributed by atoms with Crippen LogP contribution in [0.2, 0.25) is 0 Å². The lowest BCUT2D eigenvalue weighted by Gasteiger charge is -2.73. The van der Waals surface area contributed by atoms with E-state index in [1.165, 1.54) is 18.4 Å². The Labute approximate surface area is 177 Å². The second-order valence-corrected chi connectivity index (χ2v) is 9.18. The average molecular weight is 455 g/mol. The van der Waals surface area contributed by atoms with Crippen LogP contribution in [0.4, 0.5) is 17.6 Å². The summed E-state index contributed by atoms with van der Waals surface area (Å²) in [6.45, 7) is -0.797. The Morgan fingerprint density at radius 3 is 2.58 bits per heavy atom. The van der Waals surface area contributed by atoms with Gasteiger partial charge in [0, 0.05) is 27.8 Å². The van der Waals surface area contributed by atoms with Crippen LogP contribution in [0, 0.1) is 17.0 Å². The second kappa shape index (κ2) is 6.45. The Kier molecular flexibility index (Phi) is 4.23. The maximum atomic E-state index is 16.0. The van der Waals surface area contributed by atoms with E-state index in [9.17, 15) is 13.9 Å². The summed E-state index contributed by atoms with van der Waals surface area (Å²) in [6.07, 6.45) is 1.30. The molecule has 12 heteroatoms. The molecule has 1 N–H and O–H groups in total. The van der Waals surface area contributed by atoms with E-state index in [-0.39, 0.29) is 19.3 Å². The zero-order chi connectivity index (χ0) is 22.1. The van der Waals surface area contributed by atoms with Crippen LogP contribution in [0.5, 0.6) is 5.19 Å². The molecule has 1 atom stereocenters. The molecule has 0 saturated heterocycles. The first kappa shape index (κ1) is 20.3. The number of aromatic nitrogens is 5. The summed E-state index contributed by atoms with van der Waals surface area (Å²) < 4.78 is 66.1. The van der Waals surface area contributed by atoms with Crippen LogP contribution in [0.15, 0.2) is 29.9 Å². The number of methoxy groups -OCH3 is 1. The summed E-state index contributed by atoms with van der Waals surface area (Å²) in [7, 11) is 1.48. The normalized spacial score (nSPS) is 26.6. The van der Waals surface area contributed by atoms with Gasteiger partial charge in [-0.15, -0.1) is 5.10 Å². The van der Waals surface area contributed by atoms with Gasteiger partial charge in [-0.05, 0) is 41.8 Å². The summed E-state index contributed by atoms with van der Waals surface area (Å²) in [5.41, 5.74) is -5.07. The summed E-state index contributed by atoms with van der Waals surface area (Å²) in [6, 6.07) is 2.15. The molecule has 3 aliphatic rings. The molecule has 0 radical (unpaired) electrons. The number of halogens is 4. The van der Waals surface area contributed by atoms with Gasteiger partial charge in [0.1, 0.15) is 18.0 Å². The Hall–Kier alpha value is -2.60. The maximum absolute atomic E-state index is 16.0. The number of hydrogen-bond donors (Lipinski definition) is 1. The van der Waals surface area contributed by atoms with Crippen molar-refractivity contribution in [2.24, 2.45) is 5.41 Å². The lowest BCUT2D eigenvalue weighted by Crippen LogP contribution is -2.76. The second-order valence-electron chi connectivity index (χ2n) is 8.36. The molecule has 164 valence electrons. The van der Waals surface area contributed by atoms with Crippen molar-refractivity contribution in [1.82, 2.24) is 25.2 Å². The Bertz CT molecular complexity index is 1120. The molecular formula is C19H17F4N5O2S. The highest BCUT2D eigenvalue weighted by Crippen LogP contribution is 2.80. The number of thiazole rings is 1. The number of ether oxygens (including phenoxy) is 1. The van der Waals surface area contributed by atoms with Crippen molar-refractivity contribution in [2.75, 3.05) is 7.11 Å². The largest absolute Gasteiger partial charge is 0.473 e. The van der Waals surface area contributed by atoms with Crippen molar-refractivity contribution in [2.45, 2.75) is 42.7 Å². The van der Waals surface area contributed by atoms with Gasteiger partial charge in [-0.3, -0.25) is 0 Å². The van der Waals surface area contributed by atoms with E-state index in [4.69, 9.17) is 4.74 Å². The first-order chi connectivity index (χ1) is 14.6. The Morgan fingerprint density at radius 2 is 2.00 bits per heavy atom. The fourth-order valence-corrected chi connectivity index (χ4v) is 5.85. The molecule has 2 bridgehead atoms. The monoisotopic (exact) mass is 455 g/mol. The van der Waals surface area contributed by atoms with Crippen molar-refractivity contribution in [3.63, 3.8) is 0 Å². The van der Waals surface area contributed by atoms with Gasteiger partial charge in [0.15, 0.2) is 5.60 Å². The first-order valence-corrected chi connectivity index (χ1v) is 10.3. The van der Waals surface area contributed by atoms with Crippen molar-refractivity contribution in [3.05, 3.63) is 52.8 Å². The molecule has 1 aromatic carbocycles. The van der Waals surface area contributed by atoms with Crippen LogP contribution >= 0.6 is 11.3 Å². The quantitative estimate of drug-likeness (QED) is 0.552. The van der Waals surface area contributed by atoms with Crippen LogP contribution < -0.4 is 4.74 Å². The summed E-state index contributed by atoms with van der Waals surface area (Å²) in [5, 5.41) is 23.9. The van der Waals surface area contributed by atoms with E-state index in [0.717, 1.165) is 23.1 Å². The SMILES string of the molecule is COc1nc(C23CC(C(F)(F)C(O)(Cn4cnnn4)c4ccc(F)cc4F)(C2)C3)cs1. The van der Waals surface area contributed by atoms with Crippen LogP contribution in [0.1, 0.15) is 30.5 Å². The number of hydrogen-bond acceptors (Lipinski definition) is 7. The van der Waals surface area contributed by atoms with Crippen molar-refractivity contribution < 1.29 is 27.4 Å². The minimum Gasteiger partial charge on any atom is -0.473 e. The van der Waals surface area contributed by atoms with E-state index < -0.39 is 46.1 Å². The number of alkyl halides is 2. The van der Waals surface area contributed by atoms with E-state index in [0.29, 0.717) is 17.0 Å². The molecule has 2 aromatic heterocycles. The molecule has 2 heterocycles. The van der Waals surface area contributed by atoms with E-state index >= 15 is 8.78 Å². The smallest absolute Gasteiger partial charge is 0.287 e. The molecule has 3 fully saturated rings. The highest BCUT2D eigenvalue weighted by molar-refractivity contribution is 7.11. The third-order valence-electron chi connectivity index (χ3n) is 6.58. The van der Waals surface area contributed by atoms with Gasteiger partial charge in [-0.1, -0.05) is 11.3 Å². The molecule has 1 unspecified atom stereocenters. The van der Waals surface area contributed by atoms with Crippen LogP contribution in [0.25, 0.3) is 0 Å². The lowest BCUT2D eigenvalue weighted by molar-refractivity contribution is -0.348. The molecule has 7 nitrogen and oxygen atoms in total. The fourth-order valence-electron chi connectivity index (χ4n) is 5.09. The van der Waals surface area contributed by atoms with Crippen LogP contribution in [-0.2, 0) is 17.6 Å². The predicted octanol–water partition coefficient (Wildman–Crippen LogP) is 3.06. The Balaban J connectivity index is 1.51. The van der Waals surface area contributed by atoms with E-state index in [2.05, 4.69) is 20.5 Å². The Morgan fingerprint density at radius 1 is 1.26 bits per heavy atom. The standard InChI is InChI=1S/C19H17F4N5O2S/c1-30-15-25-14(5-31-15)16-6-17(7-16,8-16)19(22,23)18(29,9-28-10-24-26-27-28)12-3-2-11(20)4-13(12)21/h2-5,10,29H,6-9H2,1H3. The molecule has 31 heavy (non-hydrogen) atoms. The zero-order valence-electron chi connectivity index (χ0n) is 16.2. The van der Waals surface area contributed by atoms with Gasteiger partial charge in [0.2, 0.25) is 0 Å². The molecule has 0 amide bonds. The molecule has 6 rings (SSSR count). The van der Waals surface area contributed by atoms with Crippen molar-refractivity contribution in [1.29, 1.82) is 0 Å². The van der Waals surface area contributed by atoms with E-state index in [1.54, 1.807) is 5.38 Å². The third kappa shape index (κ3) is 2.67. The van der Waals surface area contributed by atoms with Crippen molar-refractivity contribution in [3.8, 4) is 5.19 Å². The number of benzene rings is 1. The van der Waals surface area contributed by atoms with Gasteiger partial charge < -0.3 is 9.84 Å². The lowest BCUT2D eigenvalue weighted by atomic mass is 9.31. The van der Waals surface area contributed by atoms with E-state index in [1.807, 2.05) is 0 Å². The summed E-state index contributed by atoms with van der Waals surface area (Å²) >= 11 is 1.28. The molecular weight excluding hydrogens is 438 g/mol. The number of tetrazole rings is 1. The molecule has 3 saturated carbocycles. The van der Waals surface area contributed by atoms with Gasteiger partial charge in [0.05, 0.1) is 19.3 Å². The highest BCUT2D eigenvalue weighted by Gasteiger charge is 2.82. The minimum atomic E-state index is -3.76. The van der Waals surface area contributed by atoms with Crippen LogP contribution in [-0.4, -0.2) is 43.3 Å². The predicted molar refractivity (Wildman–Crippen MR) is 99.6 cm³/mol. The molecule has 0 aliphatic heterocycles. The third-order valence-corrected chi connectivity index (χ3v) is 7.38. The average Bonchev–Trinajstić information content (AvgIpc) is 3.31. The van der Waals surface area contributed by atoms with Gasteiger partial charge in [-0.2, -0.15) is 0 Å². The number of rotatable bonds is 7. The molecule has 3 aromatic rings. The molecule has 0 spiro atoms. The van der Waals surface area contributed by atoms with Gasteiger partial charge in [-0.25, -0.2) is 27.2 Å². The topological polar surface area (TPSA) is 86.0 Å². The summed E-state index contributed by atoms with van der Waals surface area (Å²) in [5.74, 6) is -5.95. The number of nitrogens with zero attached hydrogens (tertiary/aromatic N) is 5. The molecule has 3 aliphatic carbocycles. The van der Waals surface area contributed by atoms with Crippen LogP contribution in [0.3, 0.4) is 0 Å².